The van der Waals surface area contributed by atoms with E-state index in [2.05, 4.69) is 20.9 Å². The molecule has 0 spiro atoms. The van der Waals surface area contributed by atoms with E-state index in [1.807, 2.05) is 42.8 Å². The molecule has 0 fully saturated rings. The van der Waals surface area contributed by atoms with E-state index in [4.69, 9.17) is 0 Å². The highest BCUT2D eigenvalue weighted by Gasteiger charge is 2.14. The summed E-state index contributed by atoms with van der Waals surface area (Å²) in [6.45, 7) is 5.80. The minimum Gasteiger partial charge on any atom is -0.349 e. The summed E-state index contributed by atoms with van der Waals surface area (Å²) >= 11 is 3.43. The van der Waals surface area contributed by atoms with Gasteiger partial charge in [0, 0.05) is 26.3 Å². The minimum atomic E-state index is 0.120. The van der Waals surface area contributed by atoms with Crippen LogP contribution >= 0.6 is 15.9 Å². The van der Waals surface area contributed by atoms with E-state index in [-0.39, 0.29) is 5.91 Å². The van der Waals surface area contributed by atoms with Crippen molar-refractivity contribution in [2.45, 2.75) is 13.8 Å². The van der Waals surface area contributed by atoms with Gasteiger partial charge in [-0.1, -0.05) is 0 Å². The fourth-order valence-electron chi connectivity index (χ4n) is 1.61. The number of aromatic nitrogens is 1. The van der Waals surface area contributed by atoms with Crippen molar-refractivity contribution in [3.05, 3.63) is 22.8 Å². The summed E-state index contributed by atoms with van der Waals surface area (Å²) in [6, 6.07) is 3.77. The van der Waals surface area contributed by atoms with E-state index in [1.165, 1.54) is 0 Å². The molecule has 0 unspecified atom stereocenters. The highest BCUT2D eigenvalue weighted by molar-refractivity contribution is 9.10. The van der Waals surface area contributed by atoms with E-state index >= 15 is 0 Å². The van der Waals surface area contributed by atoms with Crippen molar-refractivity contribution < 1.29 is 4.79 Å². The van der Waals surface area contributed by atoms with Crippen molar-refractivity contribution in [3.8, 4) is 0 Å². The third-order valence-electron chi connectivity index (χ3n) is 2.59. The molecule has 0 bridgehead atoms. The van der Waals surface area contributed by atoms with Gasteiger partial charge in [-0.2, -0.15) is 0 Å². The predicted molar refractivity (Wildman–Crippen MR) is 73.1 cm³/mol. The quantitative estimate of drug-likeness (QED) is 0.836. The minimum absolute atomic E-state index is 0.120. The maximum absolute atomic E-state index is 11.9. The second-order valence-electron chi connectivity index (χ2n) is 3.73. The topological polar surface area (TPSA) is 36.4 Å². The Kier molecular flexibility index (Phi) is 5.41. The average molecular weight is 300 g/mol. The smallest absolute Gasteiger partial charge is 0.242 e. The van der Waals surface area contributed by atoms with Crippen LogP contribution in [0.2, 0.25) is 0 Å². The number of nitrogens with zero attached hydrogens (tertiary/aromatic N) is 3. The van der Waals surface area contributed by atoms with E-state index in [1.54, 1.807) is 6.20 Å². The molecule has 4 nitrogen and oxygen atoms in total. The summed E-state index contributed by atoms with van der Waals surface area (Å²) in [4.78, 5) is 19.9. The third kappa shape index (κ3) is 3.70. The molecule has 5 heteroatoms. The molecule has 0 aliphatic carbocycles. The van der Waals surface area contributed by atoms with Crippen molar-refractivity contribution in [2.24, 2.45) is 0 Å². The van der Waals surface area contributed by atoms with Crippen LogP contribution in [0.25, 0.3) is 0 Å². The van der Waals surface area contributed by atoms with Gasteiger partial charge in [0.05, 0.1) is 11.0 Å². The average Bonchev–Trinajstić information content (AvgIpc) is 2.31. The summed E-state index contributed by atoms with van der Waals surface area (Å²) in [5.41, 5.74) is 0. The molecule has 0 radical (unpaired) electrons. The number of halogens is 1. The molecule has 0 saturated carbocycles. The molecule has 17 heavy (non-hydrogen) atoms. The van der Waals surface area contributed by atoms with Crippen LogP contribution in [-0.2, 0) is 4.79 Å². The lowest BCUT2D eigenvalue weighted by molar-refractivity contribution is -0.129. The van der Waals surface area contributed by atoms with Crippen LogP contribution in [0.3, 0.4) is 0 Å². The normalized spacial score (nSPS) is 10.1. The number of likely N-dealkylation sites (N-methyl/N-ethyl adjacent to an activating group) is 2. The van der Waals surface area contributed by atoms with Gasteiger partial charge in [-0.25, -0.2) is 4.98 Å². The molecule has 1 amide bonds. The van der Waals surface area contributed by atoms with Crippen LogP contribution in [0.5, 0.6) is 0 Å². The largest absolute Gasteiger partial charge is 0.349 e. The highest BCUT2D eigenvalue weighted by atomic mass is 79.9. The first-order valence-electron chi connectivity index (χ1n) is 5.69. The monoisotopic (exact) mass is 299 g/mol. The molecule has 0 aliphatic heterocycles. The zero-order valence-corrected chi connectivity index (χ0v) is 12.1. The Morgan fingerprint density at radius 3 is 2.59 bits per heavy atom. The molecular formula is C12H18BrN3O. The van der Waals surface area contributed by atoms with Gasteiger partial charge >= 0.3 is 0 Å². The van der Waals surface area contributed by atoms with E-state index in [0.29, 0.717) is 6.54 Å². The van der Waals surface area contributed by atoms with Crippen molar-refractivity contribution in [1.29, 1.82) is 0 Å². The van der Waals surface area contributed by atoms with Crippen molar-refractivity contribution in [2.75, 3.05) is 31.6 Å². The van der Waals surface area contributed by atoms with Crippen LogP contribution in [-0.4, -0.2) is 42.5 Å². The Morgan fingerprint density at radius 1 is 1.41 bits per heavy atom. The maximum Gasteiger partial charge on any atom is 0.242 e. The number of anilines is 1. The molecule has 0 atom stereocenters. The first kappa shape index (κ1) is 14.0. The van der Waals surface area contributed by atoms with Gasteiger partial charge in [-0.15, -0.1) is 0 Å². The third-order valence-corrected chi connectivity index (χ3v) is 3.21. The van der Waals surface area contributed by atoms with Crippen molar-refractivity contribution in [1.82, 2.24) is 9.88 Å². The maximum atomic E-state index is 11.9. The van der Waals surface area contributed by atoms with Crippen molar-refractivity contribution >= 4 is 27.7 Å². The van der Waals surface area contributed by atoms with Crippen LogP contribution < -0.4 is 4.90 Å². The zero-order valence-electron chi connectivity index (χ0n) is 10.5. The molecule has 0 saturated heterocycles. The van der Waals surface area contributed by atoms with Crippen molar-refractivity contribution in [3.63, 3.8) is 0 Å². The van der Waals surface area contributed by atoms with Gasteiger partial charge in [0.2, 0.25) is 5.91 Å². The lowest BCUT2D eigenvalue weighted by Crippen LogP contribution is -2.39. The zero-order chi connectivity index (χ0) is 12.8. The number of carbonyl (C=O) groups excluding carboxylic acids is 1. The summed E-state index contributed by atoms with van der Waals surface area (Å²) in [5.74, 6) is 0.906. The molecule has 1 heterocycles. The fourth-order valence-corrected chi connectivity index (χ4v) is 2.17. The van der Waals surface area contributed by atoms with E-state index in [0.717, 1.165) is 23.4 Å². The van der Waals surface area contributed by atoms with Crippen LogP contribution in [0.1, 0.15) is 13.8 Å². The van der Waals surface area contributed by atoms with Crippen LogP contribution in [0.4, 0.5) is 5.82 Å². The Balaban J connectivity index is 2.70. The van der Waals surface area contributed by atoms with Gasteiger partial charge in [-0.05, 0) is 41.9 Å². The molecule has 0 N–H and O–H groups in total. The van der Waals surface area contributed by atoms with Gasteiger partial charge in [-0.3, -0.25) is 4.79 Å². The second-order valence-corrected chi connectivity index (χ2v) is 4.59. The molecule has 0 aliphatic rings. The number of rotatable bonds is 5. The summed E-state index contributed by atoms with van der Waals surface area (Å²) in [7, 11) is 1.87. The van der Waals surface area contributed by atoms with Gasteiger partial charge in [0.15, 0.2) is 0 Å². The number of hydrogen-bond acceptors (Lipinski definition) is 3. The first-order chi connectivity index (χ1) is 8.10. The highest BCUT2D eigenvalue weighted by Crippen LogP contribution is 2.21. The SMILES string of the molecule is CCN(CC)C(=O)CN(C)c1ncccc1Br. The van der Waals surface area contributed by atoms with Gasteiger partial charge in [0.25, 0.3) is 0 Å². The summed E-state index contributed by atoms with van der Waals surface area (Å²) in [6.07, 6.45) is 1.72. The first-order valence-corrected chi connectivity index (χ1v) is 6.48. The predicted octanol–water partition coefficient (Wildman–Crippen LogP) is 2.15. The Bertz CT molecular complexity index is 380. The Morgan fingerprint density at radius 2 is 2.06 bits per heavy atom. The molecule has 1 aromatic heterocycles. The Hall–Kier alpha value is -1.10. The molecule has 0 aromatic carbocycles. The summed E-state index contributed by atoms with van der Waals surface area (Å²) in [5, 5.41) is 0. The molecule has 1 aromatic rings. The fraction of sp³-hybridized carbons (Fsp3) is 0.500. The lowest BCUT2D eigenvalue weighted by Gasteiger charge is -2.24. The molecule has 1 rings (SSSR count). The Labute approximate surface area is 111 Å². The van der Waals surface area contributed by atoms with E-state index in [9.17, 15) is 4.79 Å². The van der Waals surface area contributed by atoms with E-state index < -0.39 is 0 Å². The van der Waals surface area contributed by atoms with Gasteiger partial charge in [0.1, 0.15) is 5.82 Å². The molecular weight excluding hydrogens is 282 g/mol. The number of amides is 1. The summed E-state index contributed by atoms with van der Waals surface area (Å²) < 4.78 is 0.898. The lowest BCUT2D eigenvalue weighted by atomic mass is 10.4. The second kappa shape index (κ2) is 6.59. The molecule has 94 valence electrons. The van der Waals surface area contributed by atoms with Gasteiger partial charge < -0.3 is 9.80 Å². The standard InChI is InChI=1S/C12H18BrN3O/c1-4-16(5-2)11(17)9-15(3)12-10(13)7-6-8-14-12/h6-8H,4-5,9H2,1-3H3. The van der Waals surface area contributed by atoms with Crippen LogP contribution in [0, 0.1) is 0 Å². The number of pyridine rings is 1. The number of carbonyl (C=O) groups is 1. The number of hydrogen-bond donors (Lipinski definition) is 0. The van der Waals surface area contributed by atoms with Crippen LogP contribution in [0.15, 0.2) is 22.8 Å².